The quantitative estimate of drug-likeness (QED) is 0.258. The first kappa shape index (κ1) is 23.2. The van der Waals surface area contributed by atoms with Crippen LogP contribution in [0.15, 0.2) is 47.8 Å². The van der Waals surface area contributed by atoms with Gasteiger partial charge in [-0.15, -0.1) is 24.0 Å². The molecule has 2 aromatic rings. The van der Waals surface area contributed by atoms with Crippen LogP contribution < -0.4 is 20.3 Å². The summed E-state index contributed by atoms with van der Waals surface area (Å²) in [6.45, 7) is 8.09. The Morgan fingerprint density at radius 1 is 1.24 bits per heavy atom. The van der Waals surface area contributed by atoms with Crippen molar-refractivity contribution in [1.29, 1.82) is 0 Å². The lowest BCUT2D eigenvalue weighted by Gasteiger charge is -2.33. The summed E-state index contributed by atoms with van der Waals surface area (Å²) in [7, 11) is 0. The van der Waals surface area contributed by atoms with Gasteiger partial charge < -0.3 is 20.3 Å². The summed E-state index contributed by atoms with van der Waals surface area (Å²) in [5.41, 5.74) is 1.19. The Morgan fingerprint density at radius 2 is 2.07 bits per heavy atom. The summed E-state index contributed by atoms with van der Waals surface area (Å²) in [5.74, 6) is 2.69. The van der Waals surface area contributed by atoms with E-state index in [2.05, 4.69) is 56.5 Å². The molecule has 0 radical (unpaired) electrons. The monoisotopic (exact) mass is 510 g/mol. The molecule has 3 heterocycles. The lowest BCUT2D eigenvalue weighted by atomic mass is 10.1. The molecular weight excluding hydrogens is 479 g/mol. The predicted molar refractivity (Wildman–Crippen MR) is 128 cm³/mol. The number of anilines is 1. The van der Waals surface area contributed by atoms with E-state index in [4.69, 9.17) is 4.74 Å². The second kappa shape index (κ2) is 12.5. The Hall–Kier alpha value is -2.10. The molecule has 2 aromatic heterocycles. The Labute approximate surface area is 190 Å². The molecule has 2 N–H and O–H groups in total. The fraction of sp³-hybridized carbons (Fsp3) is 0.476. The number of aryl methyl sites for hydroxylation is 1. The van der Waals surface area contributed by atoms with Crippen LogP contribution >= 0.6 is 24.0 Å². The van der Waals surface area contributed by atoms with E-state index in [0.717, 1.165) is 50.0 Å². The van der Waals surface area contributed by atoms with Gasteiger partial charge in [-0.3, -0.25) is 4.98 Å². The predicted octanol–water partition coefficient (Wildman–Crippen LogP) is 3.01. The summed E-state index contributed by atoms with van der Waals surface area (Å²) in [4.78, 5) is 15.6. The van der Waals surface area contributed by atoms with E-state index < -0.39 is 0 Å². The molecular formula is C21H31IN6O. The van der Waals surface area contributed by atoms with E-state index in [0.29, 0.717) is 19.2 Å². The molecule has 0 unspecified atom stereocenters. The SMILES string of the molecule is CCNC(=NCCOc1cccnc1)NC1CCN(c2ccc(C)cn2)CC1.I. The molecule has 0 amide bonds. The fourth-order valence-corrected chi connectivity index (χ4v) is 3.17. The zero-order chi connectivity index (χ0) is 19.6. The Bertz CT molecular complexity index is 733. The molecule has 0 aliphatic carbocycles. The van der Waals surface area contributed by atoms with Crippen LogP contribution in [0.25, 0.3) is 0 Å². The number of pyridine rings is 2. The Morgan fingerprint density at radius 3 is 2.72 bits per heavy atom. The van der Waals surface area contributed by atoms with Gasteiger partial charge in [0.05, 0.1) is 12.7 Å². The van der Waals surface area contributed by atoms with Crippen molar-refractivity contribution in [2.75, 3.05) is 37.7 Å². The van der Waals surface area contributed by atoms with Crippen LogP contribution in [-0.2, 0) is 0 Å². The number of piperidine rings is 1. The highest BCUT2D eigenvalue weighted by atomic mass is 127. The number of rotatable bonds is 7. The maximum absolute atomic E-state index is 5.66. The van der Waals surface area contributed by atoms with Gasteiger partial charge in [-0.1, -0.05) is 6.07 Å². The van der Waals surface area contributed by atoms with E-state index in [1.54, 1.807) is 12.4 Å². The summed E-state index contributed by atoms with van der Waals surface area (Å²) in [6, 6.07) is 8.41. The third-order valence-electron chi connectivity index (χ3n) is 4.66. The van der Waals surface area contributed by atoms with Gasteiger partial charge >= 0.3 is 0 Å². The van der Waals surface area contributed by atoms with E-state index in [1.165, 1.54) is 5.56 Å². The first-order valence-corrected chi connectivity index (χ1v) is 10.00. The lowest BCUT2D eigenvalue weighted by molar-refractivity contribution is 0.327. The van der Waals surface area contributed by atoms with Crippen molar-refractivity contribution in [1.82, 2.24) is 20.6 Å². The first-order valence-electron chi connectivity index (χ1n) is 10.00. The molecule has 1 aliphatic heterocycles. The summed E-state index contributed by atoms with van der Waals surface area (Å²) >= 11 is 0. The first-order chi connectivity index (χ1) is 13.7. The van der Waals surface area contributed by atoms with Gasteiger partial charge in [0.15, 0.2) is 5.96 Å². The standard InChI is InChI=1S/C21H30N6O.HI/c1-3-23-21(24-11-14-28-19-5-4-10-22-16-19)26-18-8-12-27(13-9-18)20-7-6-17(2)15-25-20;/h4-7,10,15-16,18H,3,8-9,11-14H2,1-2H3,(H2,23,24,26);1H. The minimum absolute atomic E-state index is 0. The van der Waals surface area contributed by atoms with Crippen LogP contribution in [0, 0.1) is 6.92 Å². The number of guanidine groups is 1. The van der Waals surface area contributed by atoms with Crippen LogP contribution in [0.1, 0.15) is 25.3 Å². The van der Waals surface area contributed by atoms with Crippen molar-refractivity contribution in [2.45, 2.75) is 32.7 Å². The van der Waals surface area contributed by atoms with E-state index in [9.17, 15) is 0 Å². The normalized spacial score (nSPS) is 14.8. The molecule has 8 heteroatoms. The van der Waals surface area contributed by atoms with E-state index in [-0.39, 0.29) is 24.0 Å². The van der Waals surface area contributed by atoms with Gasteiger partial charge in [-0.05, 0) is 50.5 Å². The molecule has 7 nitrogen and oxygen atoms in total. The minimum Gasteiger partial charge on any atom is -0.490 e. The average molecular weight is 510 g/mol. The van der Waals surface area contributed by atoms with Crippen LogP contribution in [0.2, 0.25) is 0 Å². The molecule has 29 heavy (non-hydrogen) atoms. The minimum atomic E-state index is 0. The Balaban J connectivity index is 0.00000300. The van der Waals surface area contributed by atoms with Gasteiger partial charge in [0.25, 0.3) is 0 Å². The lowest BCUT2D eigenvalue weighted by Crippen LogP contribution is -2.49. The molecule has 0 aromatic carbocycles. The molecule has 0 bridgehead atoms. The van der Waals surface area contributed by atoms with Crippen LogP contribution in [0.5, 0.6) is 5.75 Å². The van der Waals surface area contributed by atoms with Crippen LogP contribution in [0.4, 0.5) is 5.82 Å². The molecule has 1 aliphatic rings. The number of aliphatic imine (C=N–C) groups is 1. The van der Waals surface area contributed by atoms with E-state index in [1.807, 2.05) is 18.3 Å². The second-order valence-electron chi connectivity index (χ2n) is 6.90. The van der Waals surface area contributed by atoms with Crippen molar-refractivity contribution in [3.05, 3.63) is 48.4 Å². The molecule has 0 atom stereocenters. The Kier molecular flexibility index (Phi) is 9.96. The largest absolute Gasteiger partial charge is 0.490 e. The van der Waals surface area contributed by atoms with Crippen molar-refractivity contribution in [3.63, 3.8) is 0 Å². The maximum Gasteiger partial charge on any atom is 0.191 e. The third kappa shape index (κ3) is 7.68. The van der Waals surface area contributed by atoms with Crippen molar-refractivity contribution in [3.8, 4) is 5.75 Å². The summed E-state index contributed by atoms with van der Waals surface area (Å²) < 4.78 is 5.66. The van der Waals surface area contributed by atoms with Gasteiger partial charge in [-0.2, -0.15) is 0 Å². The average Bonchev–Trinajstić information content (AvgIpc) is 2.73. The molecule has 0 spiro atoms. The second-order valence-corrected chi connectivity index (χ2v) is 6.90. The molecule has 1 saturated heterocycles. The fourth-order valence-electron chi connectivity index (χ4n) is 3.17. The van der Waals surface area contributed by atoms with Crippen molar-refractivity contribution >= 4 is 35.8 Å². The number of hydrogen-bond acceptors (Lipinski definition) is 5. The summed E-state index contributed by atoms with van der Waals surface area (Å²) in [5, 5.41) is 6.88. The topological polar surface area (TPSA) is 74.7 Å². The van der Waals surface area contributed by atoms with Gasteiger partial charge in [0, 0.05) is 38.1 Å². The summed E-state index contributed by atoms with van der Waals surface area (Å²) in [6.07, 6.45) is 7.50. The molecule has 158 valence electrons. The number of nitrogens with zero attached hydrogens (tertiary/aromatic N) is 4. The van der Waals surface area contributed by atoms with Gasteiger partial charge in [0.1, 0.15) is 18.2 Å². The molecule has 0 saturated carbocycles. The molecule has 1 fully saturated rings. The number of halogens is 1. The van der Waals surface area contributed by atoms with Gasteiger partial charge in [0.2, 0.25) is 0 Å². The number of aromatic nitrogens is 2. The zero-order valence-electron chi connectivity index (χ0n) is 17.2. The number of ether oxygens (including phenoxy) is 1. The smallest absolute Gasteiger partial charge is 0.191 e. The third-order valence-corrected chi connectivity index (χ3v) is 4.66. The number of nitrogens with one attached hydrogen (secondary N) is 2. The van der Waals surface area contributed by atoms with Crippen LogP contribution in [0.3, 0.4) is 0 Å². The van der Waals surface area contributed by atoms with Crippen LogP contribution in [-0.4, -0.2) is 54.8 Å². The maximum atomic E-state index is 5.66. The number of hydrogen-bond donors (Lipinski definition) is 2. The van der Waals surface area contributed by atoms with Crippen molar-refractivity contribution in [2.24, 2.45) is 4.99 Å². The highest BCUT2D eigenvalue weighted by molar-refractivity contribution is 14.0. The highest BCUT2D eigenvalue weighted by Crippen LogP contribution is 2.18. The zero-order valence-corrected chi connectivity index (χ0v) is 19.5. The van der Waals surface area contributed by atoms with E-state index >= 15 is 0 Å². The van der Waals surface area contributed by atoms with Gasteiger partial charge in [-0.25, -0.2) is 9.98 Å². The highest BCUT2D eigenvalue weighted by Gasteiger charge is 2.20. The van der Waals surface area contributed by atoms with Crippen molar-refractivity contribution < 1.29 is 4.74 Å². The molecule has 3 rings (SSSR count).